The molecule has 0 aliphatic rings. The monoisotopic (exact) mass is 397 g/mol. The van der Waals surface area contributed by atoms with Crippen LogP contribution in [0.25, 0.3) is 0 Å². The van der Waals surface area contributed by atoms with Gasteiger partial charge < -0.3 is 9.84 Å². The van der Waals surface area contributed by atoms with Crippen LogP contribution in [0.1, 0.15) is 60.7 Å². The third kappa shape index (κ3) is 5.52. The maximum atomic E-state index is 13.4. The van der Waals surface area contributed by atoms with Crippen LogP contribution < -0.4 is 0 Å². The van der Waals surface area contributed by atoms with Gasteiger partial charge in [0, 0.05) is 5.56 Å². The summed E-state index contributed by atoms with van der Waals surface area (Å²) in [7, 11) is 0. The second kappa shape index (κ2) is 10.9. The SMILES string of the molecule is CCCCC(N(CC)CC)C(O)(OC(=O)c1ccccc1)C(=O)c1ccccc1. The molecule has 0 aliphatic carbocycles. The van der Waals surface area contributed by atoms with E-state index in [1.807, 2.05) is 25.7 Å². The molecule has 2 atom stereocenters. The zero-order chi connectivity index (χ0) is 21.3. The van der Waals surface area contributed by atoms with Crippen molar-refractivity contribution in [3.8, 4) is 0 Å². The molecular formula is C24H31NO4. The lowest BCUT2D eigenvalue weighted by Crippen LogP contribution is -2.60. The Bertz CT molecular complexity index is 774. The first-order valence-corrected chi connectivity index (χ1v) is 10.3. The third-order valence-corrected chi connectivity index (χ3v) is 5.16. The van der Waals surface area contributed by atoms with Crippen LogP contribution in [0.3, 0.4) is 0 Å². The van der Waals surface area contributed by atoms with Crippen molar-refractivity contribution in [2.45, 2.75) is 51.9 Å². The summed E-state index contributed by atoms with van der Waals surface area (Å²) in [6.45, 7) is 7.23. The number of ketones is 1. The van der Waals surface area contributed by atoms with E-state index in [2.05, 4.69) is 0 Å². The molecule has 1 N–H and O–H groups in total. The number of aliphatic hydroxyl groups is 1. The van der Waals surface area contributed by atoms with Crippen LogP contribution in [-0.4, -0.2) is 46.7 Å². The number of nitrogens with zero attached hydrogens (tertiary/aromatic N) is 1. The van der Waals surface area contributed by atoms with Crippen molar-refractivity contribution >= 4 is 11.8 Å². The highest BCUT2D eigenvalue weighted by atomic mass is 16.7. The van der Waals surface area contributed by atoms with E-state index in [0.717, 1.165) is 12.8 Å². The molecule has 2 unspecified atom stereocenters. The van der Waals surface area contributed by atoms with Crippen molar-refractivity contribution in [1.82, 2.24) is 4.90 Å². The van der Waals surface area contributed by atoms with E-state index in [4.69, 9.17) is 4.74 Å². The maximum absolute atomic E-state index is 13.4. The molecule has 0 amide bonds. The Morgan fingerprint density at radius 1 is 0.931 bits per heavy atom. The molecule has 156 valence electrons. The first-order valence-electron chi connectivity index (χ1n) is 10.3. The van der Waals surface area contributed by atoms with E-state index in [-0.39, 0.29) is 0 Å². The van der Waals surface area contributed by atoms with E-state index >= 15 is 0 Å². The van der Waals surface area contributed by atoms with Gasteiger partial charge >= 0.3 is 5.97 Å². The predicted molar refractivity (Wildman–Crippen MR) is 114 cm³/mol. The normalized spacial score (nSPS) is 14.2. The average Bonchev–Trinajstić information content (AvgIpc) is 2.77. The van der Waals surface area contributed by atoms with E-state index in [1.54, 1.807) is 60.7 Å². The number of hydrogen-bond acceptors (Lipinski definition) is 5. The van der Waals surface area contributed by atoms with Crippen LogP contribution in [0.4, 0.5) is 0 Å². The maximum Gasteiger partial charge on any atom is 0.341 e. The van der Waals surface area contributed by atoms with Gasteiger partial charge in [-0.3, -0.25) is 9.69 Å². The molecule has 0 saturated carbocycles. The lowest BCUT2D eigenvalue weighted by Gasteiger charge is -2.40. The van der Waals surface area contributed by atoms with Crippen molar-refractivity contribution < 1.29 is 19.4 Å². The highest BCUT2D eigenvalue weighted by Crippen LogP contribution is 2.29. The molecule has 0 bridgehead atoms. The Hall–Kier alpha value is -2.50. The minimum atomic E-state index is -2.28. The molecule has 5 heteroatoms. The summed E-state index contributed by atoms with van der Waals surface area (Å²) in [5.74, 6) is -3.60. The van der Waals surface area contributed by atoms with Gasteiger partial charge in [0.1, 0.15) is 0 Å². The summed E-state index contributed by atoms with van der Waals surface area (Å²) in [5.41, 5.74) is 0.602. The smallest absolute Gasteiger partial charge is 0.341 e. The number of rotatable bonds is 11. The van der Waals surface area contributed by atoms with Crippen molar-refractivity contribution in [3.63, 3.8) is 0 Å². The molecule has 2 aromatic rings. The molecule has 29 heavy (non-hydrogen) atoms. The van der Waals surface area contributed by atoms with E-state index in [1.165, 1.54) is 0 Å². The molecule has 0 aromatic heterocycles. The highest BCUT2D eigenvalue weighted by molar-refractivity contribution is 6.04. The van der Waals surface area contributed by atoms with Crippen molar-refractivity contribution in [2.24, 2.45) is 0 Å². The molecule has 0 aliphatic heterocycles. The Morgan fingerprint density at radius 2 is 1.45 bits per heavy atom. The summed E-state index contributed by atoms with van der Waals surface area (Å²) in [6.07, 6.45) is 2.24. The van der Waals surface area contributed by atoms with E-state index in [9.17, 15) is 14.7 Å². The van der Waals surface area contributed by atoms with Crippen LogP contribution in [0.5, 0.6) is 0 Å². The molecule has 2 aromatic carbocycles. The number of carbonyl (C=O) groups excluding carboxylic acids is 2. The summed E-state index contributed by atoms with van der Waals surface area (Å²) in [6, 6.07) is 16.3. The van der Waals surface area contributed by atoms with Crippen LogP contribution >= 0.6 is 0 Å². The lowest BCUT2D eigenvalue weighted by molar-refractivity contribution is -0.173. The Balaban J connectivity index is 2.49. The standard InChI is InChI=1S/C24H31NO4/c1-4-7-18-21(25(5-2)6-3)24(28,22(26)19-14-10-8-11-15-19)29-23(27)20-16-12-9-13-17-20/h8-17,21,28H,4-7,18H2,1-3H3. The first-order chi connectivity index (χ1) is 14.0. The van der Waals surface area contributed by atoms with Gasteiger partial charge in [0.2, 0.25) is 5.78 Å². The van der Waals surface area contributed by atoms with Gasteiger partial charge in [-0.15, -0.1) is 0 Å². The summed E-state index contributed by atoms with van der Waals surface area (Å²) in [5, 5.41) is 11.6. The fraction of sp³-hybridized carbons (Fsp3) is 0.417. The minimum absolute atomic E-state index is 0.292. The average molecular weight is 398 g/mol. The zero-order valence-corrected chi connectivity index (χ0v) is 17.5. The lowest BCUT2D eigenvalue weighted by atomic mass is 9.91. The number of carbonyl (C=O) groups is 2. The van der Waals surface area contributed by atoms with Crippen molar-refractivity contribution in [1.29, 1.82) is 0 Å². The molecule has 0 heterocycles. The number of likely N-dealkylation sites (N-methyl/N-ethyl adjacent to an activating group) is 1. The van der Waals surface area contributed by atoms with Crippen LogP contribution in [-0.2, 0) is 4.74 Å². The topological polar surface area (TPSA) is 66.8 Å². The van der Waals surface area contributed by atoms with Crippen LogP contribution in [0.2, 0.25) is 0 Å². The van der Waals surface area contributed by atoms with Gasteiger partial charge in [0.05, 0.1) is 11.6 Å². The largest absolute Gasteiger partial charge is 0.420 e. The minimum Gasteiger partial charge on any atom is -0.420 e. The molecule has 0 saturated heterocycles. The van der Waals surface area contributed by atoms with Gasteiger partial charge in [-0.2, -0.15) is 0 Å². The Kier molecular flexibility index (Phi) is 8.55. The Morgan fingerprint density at radius 3 is 1.93 bits per heavy atom. The summed E-state index contributed by atoms with van der Waals surface area (Å²) < 4.78 is 5.61. The van der Waals surface area contributed by atoms with Gasteiger partial charge in [-0.1, -0.05) is 82.1 Å². The fourth-order valence-electron chi connectivity index (χ4n) is 3.52. The molecule has 5 nitrogen and oxygen atoms in total. The van der Waals surface area contributed by atoms with Crippen LogP contribution in [0.15, 0.2) is 60.7 Å². The van der Waals surface area contributed by atoms with Gasteiger partial charge in [0.25, 0.3) is 5.79 Å². The molecule has 0 fully saturated rings. The summed E-state index contributed by atoms with van der Waals surface area (Å²) in [4.78, 5) is 28.2. The molecule has 0 spiro atoms. The van der Waals surface area contributed by atoms with Gasteiger partial charge in [-0.25, -0.2) is 4.79 Å². The number of Topliss-reactive ketones (excluding diaryl/α,β-unsaturated/α-hetero) is 1. The molecule has 2 rings (SSSR count). The Labute approximate surface area is 173 Å². The van der Waals surface area contributed by atoms with Gasteiger partial charge in [-0.05, 0) is 31.6 Å². The number of unbranched alkanes of at least 4 members (excludes halogenated alkanes) is 1. The fourth-order valence-corrected chi connectivity index (χ4v) is 3.52. The third-order valence-electron chi connectivity index (χ3n) is 5.16. The van der Waals surface area contributed by atoms with E-state index < -0.39 is 23.6 Å². The summed E-state index contributed by atoms with van der Waals surface area (Å²) >= 11 is 0. The first kappa shape index (κ1) is 22.8. The number of benzene rings is 2. The number of esters is 1. The second-order valence-electron chi connectivity index (χ2n) is 7.03. The van der Waals surface area contributed by atoms with Crippen molar-refractivity contribution in [2.75, 3.05) is 13.1 Å². The predicted octanol–water partition coefficient (Wildman–Crippen LogP) is 4.32. The zero-order valence-electron chi connectivity index (χ0n) is 17.5. The number of hydrogen-bond donors (Lipinski definition) is 1. The van der Waals surface area contributed by atoms with Gasteiger partial charge in [0.15, 0.2) is 0 Å². The van der Waals surface area contributed by atoms with Crippen LogP contribution in [0, 0.1) is 0 Å². The quantitative estimate of drug-likeness (QED) is 0.348. The number of ether oxygens (including phenoxy) is 1. The molecule has 0 radical (unpaired) electrons. The highest BCUT2D eigenvalue weighted by Gasteiger charge is 2.50. The second-order valence-corrected chi connectivity index (χ2v) is 7.03. The van der Waals surface area contributed by atoms with E-state index in [0.29, 0.717) is 30.6 Å². The molecular weight excluding hydrogens is 366 g/mol. The van der Waals surface area contributed by atoms with Crippen molar-refractivity contribution in [3.05, 3.63) is 71.8 Å².